The van der Waals surface area contributed by atoms with Crippen LogP contribution in [0.1, 0.15) is 52.0 Å². The van der Waals surface area contributed by atoms with Gasteiger partial charge in [-0.05, 0) is 56.4 Å². The molecule has 2 aromatic heterocycles. The number of hydrogen-bond acceptors (Lipinski definition) is 7. The fraction of sp³-hybridized carbons (Fsp3) is 0.348. The van der Waals surface area contributed by atoms with Crippen LogP contribution in [-0.2, 0) is 30.7 Å². The van der Waals surface area contributed by atoms with E-state index >= 15 is 0 Å². The second kappa shape index (κ2) is 11.4. The number of anilines is 1. The molecule has 8 nitrogen and oxygen atoms in total. The summed E-state index contributed by atoms with van der Waals surface area (Å²) in [5.41, 5.74) is 2.07. The van der Waals surface area contributed by atoms with E-state index in [0.717, 1.165) is 31.2 Å². The monoisotopic (exact) mass is 548 g/mol. The van der Waals surface area contributed by atoms with E-state index in [1.54, 1.807) is 12.1 Å². The maximum Gasteiger partial charge on any atom is 0.251 e. The predicted octanol–water partition coefficient (Wildman–Crippen LogP) is 5.08. The number of amides is 2. The Kier molecular flexibility index (Phi) is 8.34. The third-order valence-electron chi connectivity index (χ3n) is 5.57. The summed E-state index contributed by atoms with van der Waals surface area (Å²) >= 11 is 14.7. The van der Waals surface area contributed by atoms with E-state index in [0.29, 0.717) is 43.7 Å². The van der Waals surface area contributed by atoms with E-state index in [1.165, 1.54) is 34.0 Å². The predicted molar refractivity (Wildman–Crippen MR) is 138 cm³/mol. The van der Waals surface area contributed by atoms with Crippen molar-refractivity contribution in [2.24, 2.45) is 0 Å². The Morgan fingerprint density at radius 3 is 2.77 bits per heavy atom. The average molecular weight is 550 g/mol. The molecule has 12 heteroatoms. The zero-order chi connectivity index (χ0) is 24.9. The molecule has 35 heavy (non-hydrogen) atoms. The summed E-state index contributed by atoms with van der Waals surface area (Å²) < 4.78 is 1.84. The molecule has 0 fully saturated rings. The molecule has 2 heterocycles. The normalized spacial score (nSPS) is 12.6. The van der Waals surface area contributed by atoms with Crippen LogP contribution in [0, 0.1) is 11.3 Å². The molecule has 1 aliphatic carbocycles. The summed E-state index contributed by atoms with van der Waals surface area (Å²) in [4.78, 5) is 26.3. The van der Waals surface area contributed by atoms with Crippen molar-refractivity contribution in [3.05, 3.63) is 55.6 Å². The number of hydrogen-bond donors (Lipinski definition) is 2. The molecule has 0 spiro atoms. The van der Waals surface area contributed by atoms with E-state index in [-0.39, 0.29) is 24.1 Å². The van der Waals surface area contributed by atoms with Gasteiger partial charge in [0.15, 0.2) is 11.0 Å². The highest BCUT2D eigenvalue weighted by Crippen LogP contribution is 2.37. The summed E-state index contributed by atoms with van der Waals surface area (Å²) in [6.07, 6.45) is 4.04. The van der Waals surface area contributed by atoms with Crippen molar-refractivity contribution in [3.63, 3.8) is 0 Å². The largest absolute Gasteiger partial charge is 0.345 e. The van der Waals surface area contributed by atoms with Crippen molar-refractivity contribution in [1.29, 1.82) is 5.26 Å². The van der Waals surface area contributed by atoms with Gasteiger partial charge in [-0.15, -0.1) is 21.5 Å². The minimum atomic E-state index is -0.310. The lowest BCUT2D eigenvalue weighted by molar-refractivity contribution is -0.113. The molecule has 0 saturated heterocycles. The first-order chi connectivity index (χ1) is 16.9. The Morgan fingerprint density at radius 1 is 1.23 bits per heavy atom. The van der Waals surface area contributed by atoms with Crippen molar-refractivity contribution in [1.82, 2.24) is 20.1 Å². The summed E-state index contributed by atoms with van der Waals surface area (Å²) in [5.74, 6) is 0.183. The highest BCUT2D eigenvalue weighted by Gasteiger charge is 2.22. The van der Waals surface area contributed by atoms with Gasteiger partial charge in [0, 0.05) is 17.0 Å². The van der Waals surface area contributed by atoms with Gasteiger partial charge in [0.25, 0.3) is 5.91 Å². The number of fused-ring (bicyclic) bond motifs is 1. The molecule has 182 valence electrons. The topological polar surface area (TPSA) is 113 Å². The van der Waals surface area contributed by atoms with Crippen LogP contribution in [0.25, 0.3) is 0 Å². The third kappa shape index (κ3) is 5.81. The highest BCUT2D eigenvalue weighted by molar-refractivity contribution is 7.99. The zero-order valence-corrected chi connectivity index (χ0v) is 22.0. The average Bonchev–Trinajstić information content (AvgIpc) is 3.42. The lowest BCUT2D eigenvalue weighted by Gasteiger charge is -2.09. The maximum atomic E-state index is 12.6. The third-order valence-corrected chi connectivity index (χ3v) is 8.48. The Labute approximate surface area is 221 Å². The van der Waals surface area contributed by atoms with Gasteiger partial charge in [0.1, 0.15) is 11.1 Å². The number of thiophene rings is 1. The first kappa shape index (κ1) is 25.5. The summed E-state index contributed by atoms with van der Waals surface area (Å²) in [5, 5.41) is 25.5. The first-order valence-electron chi connectivity index (χ1n) is 11.0. The van der Waals surface area contributed by atoms with E-state index in [4.69, 9.17) is 23.2 Å². The Bertz CT molecular complexity index is 1310. The molecule has 0 bridgehead atoms. The van der Waals surface area contributed by atoms with Gasteiger partial charge < -0.3 is 15.2 Å². The van der Waals surface area contributed by atoms with Gasteiger partial charge in [0.2, 0.25) is 5.91 Å². The van der Waals surface area contributed by atoms with Crippen LogP contribution in [0.2, 0.25) is 10.0 Å². The fourth-order valence-electron chi connectivity index (χ4n) is 3.84. The lowest BCUT2D eigenvalue weighted by atomic mass is 9.96. The van der Waals surface area contributed by atoms with Crippen LogP contribution in [0.15, 0.2) is 23.4 Å². The van der Waals surface area contributed by atoms with E-state index in [9.17, 15) is 14.9 Å². The number of halogens is 2. The lowest BCUT2D eigenvalue weighted by Crippen LogP contribution is -2.24. The minimum Gasteiger partial charge on any atom is -0.345 e. The Balaban J connectivity index is 1.36. The number of nitrogens with zero attached hydrogens (tertiary/aromatic N) is 4. The Morgan fingerprint density at radius 2 is 2.03 bits per heavy atom. The molecule has 2 amide bonds. The number of rotatable bonds is 8. The van der Waals surface area contributed by atoms with Gasteiger partial charge in [-0.3, -0.25) is 9.59 Å². The summed E-state index contributed by atoms with van der Waals surface area (Å²) in [6, 6.07) is 6.93. The van der Waals surface area contributed by atoms with Gasteiger partial charge in [-0.2, -0.15) is 5.26 Å². The van der Waals surface area contributed by atoms with Crippen molar-refractivity contribution >= 4 is 63.1 Å². The number of aryl methyl sites for hydroxylation is 1. The van der Waals surface area contributed by atoms with Crippen LogP contribution in [0.3, 0.4) is 0 Å². The number of thioether (sulfide) groups is 1. The molecule has 1 aromatic carbocycles. The molecule has 3 aromatic rings. The van der Waals surface area contributed by atoms with Crippen LogP contribution < -0.4 is 10.6 Å². The number of nitrogens with one attached hydrogen (secondary N) is 2. The minimum absolute atomic E-state index is 0.126. The van der Waals surface area contributed by atoms with Gasteiger partial charge in [0.05, 0.1) is 27.9 Å². The van der Waals surface area contributed by atoms with E-state index < -0.39 is 0 Å². The van der Waals surface area contributed by atoms with Gasteiger partial charge in [-0.25, -0.2) is 0 Å². The highest BCUT2D eigenvalue weighted by atomic mass is 35.5. The smallest absolute Gasteiger partial charge is 0.251 e. The van der Waals surface area contributed by atoms with Crippen LogP contribution in [0.5, 0.6) is 0 Å². The summed E-state index contributed by atoms with van der Waals surface area (Å²) in [6.45, 7) is 2.68. The molecule has 0 atom stereocenters. The van der Waals surface area contributed by atoms with Crippen LogP contribution >= 0.6 is 46.3 Å². The molecular formula is C23H22Cl2N6O2S2. The molecule has 0 aliphatic heterocycles. The van der Waals surface area contributed by atoms with Crippen molar-refractivity contribution in [3.8, 4) is 6.07 Å². The molecule has 4 rings (SSSR count). The second-order valence-corrected chi connectivity index (χ2v) is 10.7. The van der Waals surface area contributed by atoms with E-state index in [1.807, 2.05) is 11.5 Å². The molecule has 0 radical (unpaired) electrons. The van der Waals surface area contributed by atoms with Crippen molar-refractivity contribution < 1.29 is 9.59 Å². The van der Waals surface area contributed by atoms with E-state index in [2.05, 4.69) is 26.9 Å². The fourth-order valence-corrected chi connectivity index (χ4v) is 6.21. The standard InChI is InChI=1S/C23H22Cl2N6O2S2/c1-2-31-19(11-27-21(33)13-7-8-16(24)17(25)9-13)29-30-23(31)34-12-20(32)28-22-15(10-26)14-5-3-4-6-18(14)35-22/h7-9H,2-6,11-12H2,1H3,(H,27,33)(H,28,32). The van der Waals surface area contributed by atoms with Gasteiger partial charge in [-0.1, -0.05) is 35.0 Å². The van der Waals surface area contributed by atoms with Gasteiger partial charge >= 0.3 is 0 Å². The van der Waals surface area contributed by atoms with Crippen molar-refractivity contribution in [2.45, 2.75) is 50.9 Å². The first-order valence-corrected chi connectivity index (χ1v) is 13.6. The number of carbonyl (C=O) groups excluding carboxylic acids is 2. The molecule has 0 saturated carbocycles. The number of carbonyl (C=O) groups is 2. The van der Waals surface area contributed by atoms with Crippen molar-refractivity contribution in [2.75, 3.05) is 11.1 Å². The number of aromatic nitrogens is 3. The second-order valence-electron chi connectivity index (χ2n) is 7.82. The van der Waals surface area contributed by atoms with Crippen LogP contribution in [-0.4, -0.2) is 32.3 Å². The van der Waals surface area contributed by atoms with Crippen LogP contribution in [0.4, 0.5) is 5.00 Å². The molecular weight excluding hydrogens is 527 g/mol. The number of benzene rings is 1. The molecule has 2 N–H and O–H groups in total. The maximum absolute atomic E-state index is 12.6. The number of nitriles is 1. The zero-order valence-electron chi connectivity index (χ0n) is 18.9. The molecule has 0 unspecified atom stereocenters. The Hall–Kier alpha value is -2.58. The summed E-state index contributed by atoms with van der Waals surface area (Å²) in [7, 11) is 0. The quantitative estimate of drug-likeness (QED) is 0.379. The SMILES string of the molecule is CCn1c(CNC(=O)c2ccc(Cl)c(Cl)c2)nnc1SCC(=O)Nc1sc2c(c1C#N)CCCC2. The molecule has 1 aliphatic rings.